The van der Waals surface area contributed by atoms with Gasteiger partial charge in [0.15, 0.2) is 5.65 Å². The number of carbonyl (C=O) groups is 1. The summed E-state index contributed by atoms with van der Waals surface area (Å²) in [7, 11) is 0. The van der Waals surface area contributed by atoms with Crippen molar-refractivity contribution < 1.29 is 4.79 Å². The molecule has 6 nitrogen and oxygen atoms in total. The van der Waals surface area contributed by atoms with E-state index in [0.717, 1.165) is 31.6 Å². The van der Waals surface area contributed by atoms with Gasteiger partial charge in [0.25, 0.3) is 5.91 Å². The molecule has 1 aliphatic heterocycles. The summed E-state index contributed by atoms with van der Waals surface area (Å²) in [5.41, 5.74) is 7.31. The Kier molecular flexibility index (Phi) is 2.71. The average molecular weight is 245 g/mol. The van der Waals surface area contributed by atoms with Gasteiger partial charge in [-0.2, -0.15) is 5.10 Å². The van der Waals surface area contributed by atoms with Gasteiger partial charge in [-0.25, -0.2) is 9.50 Å². The van der Waals surface area contributed by atoms with Crippen molar-refractivity contribution in [1.29, 1.82) is 0 Å². The Bertz CT molecular complexity index is 585. The third-order valence-corrected chi connectivity index (χ3v) is 3.41. The largest absolute Gasteiger partial charge is 0.365 e. The van der Waals surface area contributed by atoms with Crippen LogP contribution in [0.15, 0.2) is 18.5 Å². The van der Waals surface area contributed by atoms with Crippen LogP contribution in [-0.2, 0) is 0 Å². The molecular weight excluding hydrogens is 230 g/mol. The van der Waals surface area contributed by atoms with Gasteiger partial charge < -0.3 is 11.1 Å². The molecule has 6 heteroatoms. The Morgan fingerprint density at radius 2 is 2.44 bits per heavy atom. The minimum absolute atomic E-state index is 0.376. The number of hydrogen-bond acceptors (Lipinski definition) is 4. The summed E-state index contributed by atoms with van der Waals surface area (Å²) in [4.78, 5) is 15.5. The second kappa shape index (κ2) is 4.38. The van der Waals surface area contributed by atoms with E-state index < -0.39 is 5.91 Å². The summed E-state index contributed by atoms with van der Waals surface area (Å²) < 4.78 is 1.73. The monoisotopic (exact) mass is 245 g/mol. The van der Waals surface area contributed by atoms with E-state index >= 15 is 0 Å². The molecule has 94 valence electrons. The second-order valence-electron chi connectivity index (χ2n) is 4.57. The lowest BCUT2D eigenvalue weighted by atomic mass is 9.96. The van der Waals surface area contributed by atoms with Crippen LogP contribution in [-0.4, -0.2) is 33.6 Å². The molecular formula is C12H15N5O. The first-order chi connectivity index (χ1) is 8.77. The molecule has 1 aliphatic rings. The maximum Gasteiger partial charge on any atom is 0.254 e. The van der Waals surface area contributed by atoms with E-state index in [1.165, 1.54) is 6.20 Å². The summed E-state index contributed by atoms with van der Waals surface area (Å²) in [6, 6.07) is 1.96. The minimum atomic E-state index is -0.489. The number of hydrogen-bond donors (Lipinski definition) is 2. The summed E-state index contributed by atoms with van der Waals surface area (Å²) in [5.74, 6) is -0.0821. The highest BCUT2D eigenvalue weighted by Crippen LogP contribution is 2.23. The minimum Gasteiger partial charge on any atom is -0.365 e. The fourth-order valence-electron chi connectivity index (χ4n) is 2.50. The van der Waals surface area contributed by atoms with Gasteiger partial charge in [-0.05, 0) is 25.5 Å². The van der Waals surface area contributed by atoms with Crippen LogP contribution >= 0.6 is 0 Å². The molecule has 3 rings (SSSR count). The molecule has 0 aliphatic carbocycles. The van der Waals surface area contributed by atoms with Crippen LogP contribution < -0.4 is 11.1 Å². The zero-order valence-electron chi connectivity index (χ0n) is 9.97. The van der Waals surface area contributed by atoms with Gasteiger partial charge in [-0.3, -0.25) is 4.79 Å². The smallest absolute Gasteiger partial charge is 0.254 e. The lowest BCUT2D eigenvalue weighted by Gasteiger charge is -2.23. The van der Waals surface area contributed by atoms with Crippen molar-refractivity contribution in [3.05, 3.63) is 29.7 Å². The molecule has 1 fully saturated rings. The quantitative estimate of drug-likeness (QED) is 0.796. The molecule has 2 aromatic rings. The lowest BCUT2D eigenvalue weighted by Crippen LogP contribution is -2.29. The highest BCUT2D eigenvalue weighted by atomic mass is 16.1. The number of amides is 1. The normalized spacial score (nSPS) is 20.1. The second-order valence-corrected chi connectivity index (χ2v) is 4.57. The SMILES string of the molecule is NC(=O)c1cnn2c([C@H]3CCCNC3)ccnc12. The van der Waals surface area contributed by atoms with Crippen molar-refractivity contribution in [3.63, 3.8) is 0 Å². The fraction of sp³-hybridized carbons (Fsp3) is 0.417. The summed E-state index contributed by atoms with van der Waals surface area (Å²) in [6.45, 7) is 2.00. The Hall–Kier alpha value is -1.95. The van der Waals surface area contributed by atoms with E-state index in [4.69, 9.17) is 5.73 Å². The van der Waals surface area contributed by atoms with E-state index in [0.29, 0.717) is 17.1 Å². The van der Waals surface area contributed by atoms with Crippen LogP contribution in [0.2, 0.25) is 0 Å². The third-order valence-electron chi connectivity index (χ3n) is 3.41. The van der Waals surface area contributed by atoms with E-state index in [2.05, 4.69) is 15.4 Å². The zero-order chi connectivity index (χ0) is 12.5. The first-order valence-corrected chi connectivity index (χ1v) is 6.10. The van der Waals surface area contributed by atoms with Crippen LogP contribution in [0.5, 0.6) is 0 Å². The van der Waals surface area contributed by atoms with Crippen LogP contribution in [0.3, 0.4) is 0 Å². The van der Waals surface area contributed by atoms with Gasteiger partial charge >= 0.3 is 0 Å². The number of nitrogens with one attached hydrogen (secondary N) is 1. The van der Waals surface area contributed by atoms with Crippen molar-refractivity contribution >= 4 is 11.6 Å². The predicted molar refractivity (Wildman–Crippen MR) is 66.3 cm³/mol. The van der Waals surface area contributed by atoms with E-state index in [-0.39, 0.29) is 0 Å². The molecule has 18 heavy (non-hydrogen) atoms. The number of carbonyl (C=O) groups excluding carboxylic acids is 1. The van der Waals surface area contributed by atoms with Crippen LogP contribution in [0.4, 0.5) is 0 Å². The van der Waals surface area contributed by atoms with E-state index in [9.17, 15) is 4.79 Å². The molecule has 3 N–H and O–H groups in total. The maximum atomic E-state index is 11.3. The van der Waals surface area contributed by atoms with E-state index in [1.807, 2.05) is 6.07 Å². The zero-order valence-corrected chi connectivity index (χ0v) is 9.97. The molecule has 2 aromatic heterocycles. The molecule has 3 heterocycles. The van der Waals surface area contributed by atoms with Crippen molar-refractivity contribution in [2.45, 2.75) is 18.8 Å². The predicted octanol–water partition coefficient (Wildman–Crippen LogP) is 0.295. The summed E-state index contributed by atoms with van der Waals surface area (Å²) in [6.07, 6.45) is 5.48. The topological polar surface area (TPSA) is 85.3 Å². The number of aromatic nitrogens is 3. The number of nitrogens with two attached hydrogens (primary N) is 1. The van der Waals surface area contributed by atoms with Crippen molar-refractivity contribution in [2.75, 3.05) is 13.1 Å². The molecule has 1 amide bonds. The van der Waals surface area contributed by atoms with Gasteiger partial charge in [-0.15, -0.1) is 0 Å². The number of primary amides is 1. The Balaban J connectivity index is 2.09. The molecule has 1 atom stereocenters. The molecule has 0 radical (unpaired) electrons. The summed E-state index contributed by atoms with van der Waals surface area (Å²) >= 11 is 0. The molecule has 0 spiro atoms. The van der Waals surface area contributed by atoms with Crippen molar-refractivity contribution in [3.8, 4) is 0 Å². The van der Waals surface area contributed by atoms with Crippen molar-refractivity contribution in [1.82, 2.24) is 19.9 Å². The summed E-state index contributed by atoms with van der Waals surface area (Å²) in [5, 5.41) is 7.62. The van der Waals surface area contributed by atoms with Gasteiger partial charge in [0.1, 0.15) is 5.56 Å². The Morgan fingerprint density at radius 1 is 1.56 bits per heavy atom. The van der Waals surface area contributed by atoms with Crippen molar-refractivity contribution in [2.24, 2.45) is 5.73 Å². The molecule has 0 saturated carbocycles. The van der Waals surface area contributed by atoms with E-state index in [1.54, 1.807) is 10.7 Å². The van der Waals surface area contributed by atoms with Gasteiger partial charge in [0, 0.05) is 18.7 Å². The number of nitrogens with zero attached hydrogens (tertiary/aromatic N) is 3. The average Bonchev–Trinajstić information content (AvgIpc) is 2.83. The fourth-order valence-corrected chi connectivity index (χ4v) is 2.50. The first kappa shape index (κ1) is 11.2. The Labute approximate surface area is 104 Å². The van der Waals surface area contributed by atoms with Gasteiger partial charge in [0.2, 0.25) is 0 Å². The number of piperidine rings is 1. The van der Waals surface area contributed by atoms with Gasteiger partial charge in [0.05, 0.1) is 11.9 Å². The molecule has 0 aromatic carbocycles. The molecule has 0 unspecified atom stereocenters. The molecule has 0 bridgehead atoms. The Morgan fingerprint density at radius 3 is 3.17 bits per heavy atom. The van der Waals surface area contributed by atoms with Crippen LogP contribution in [0.25, 0.3) is 5.65 Å². The number of fused-ring (bicyclic) bond motifs is 1. The molecule has 1 saturated heterocycles. The van der Waals surface area contributed by atoms with Crippen LogP contribution in [0.1, 0.15) is 34.8 Å². The van der Waals surface area contributed by atoms with Gasteiger partial charge in [-0.1, -0.05) is 0 Å². The van der Waals surface area contributed by atoms with Crippen LogP contribution in [0, 0.1) is 0 Å². The lowest BCUT2D eigenvalue weighted by molar-refractivity contribution is 0.100. The highest BCUT2D eigenvalue weighted by Gasteiger charge is 2.20. The maximum absolute atomic E-state index is 11.3. The standard InChI is InChI=1S/C12H15N5O/c13-11(18)9-7-16-17-10(3-5-15-12(9)17)8-2-1-4-14-6-8/h3,5,7-8,14H,1-2,4,6H2,(H2,13,18)/t8-/m0/s1. The highest BCUT2D eigenvalue weighted by molar-refractivity contribution is 5.98. The third kappa shape index (κ3) is 1.74. The number of rotatable bonds is 2. The first-order valence-electron chi connectivity index (χ1n) is 6.10.